The van der Waals surface area contributed by atoms with Crippen LogP contribution in [0, 0.1) is 5.92 Å². The Morgan fingerprint density at radius 1 is 1.29 bits per heavy atom. The molecule has 2 atom stereocenters. The van der Waals surface area contributed by atoms with Gasteiger partial charge < -0.3 is 10.2 Å². The van der Waals surface area contributed by atoms with Crippen LogP contribution in [-0.2, 0) is 18.7 Å². The Bertz CT molecular complexity index is 306. The molecule has 2 unspecified atom stereocenters. The van der Waals surface area contributed by atoms with Gasteiger partial charge in [-0.2, -0.15) is 0 Å². The molecular formula is C10H18O6P+. The maximum atomic E-state index is 11.5. The van der Waals surface area contributed by atoms with Crippen molar-refractivity contribution in [1.82, 2.24) is 0 Å². The highest BCUT2D eigenvalue weighted by Gasteiger charge is 2.34. The lowest BCUT2D eigenvalue weighted by Crippen LogP contribution is -2.20. The summed E-state index contributed by atoms with van der Waals surface area (Å²) in [5.41, 5.74) is -0.608. The molecule has 2 N–H and O–H groups in total. The second-order valence-corrected chi connectivity index (χ2v) is 5.90. The van der Waals surface area contributed by atoms with Gasteiger partial charge in [0.2, 0.25) is 0 Å². The van der Waals surface area contributed by atoms with Gasteiger partial charge in [-0.15, -0.1) is 4.52 Å². The van der Waals surface area contributed by atoms with Crippen molar-refractivity contribution < 1.29 is 28.9 Å². The van der Waals surface area contributed by atoms with Crippen molar-refractivity contribution in [3.8, 4) is 0 Å². The Hall–Kier alpha value is -1.00. The molecule has 7 heteroatoms. The van der Waals surface area contributed by atoms with Crippen molar-refractivity contribution in [2.24, 2.45) is 5.92 Å². The Morgan fingerprint density at radius 2 is 1.82 bits per heavy atom. The van der Waals surface area contributed by atoms with E-state index >= 15 is 0 Å². The summed E-state index contributed by atoms with van der Waals surface area (Å²) in [5.74, 6) is -3.16. The normalized spacial score (nSPS) is 14.2. The second kappa shape index (κ2) is 6.67. The minimum Gasteiger partial charge on any atom is -0.481 e. The molecule has 0 rings (SSSR count). The maximum absolute atomic E-state index is 11.5. The Balaban J connectivity index is 4.30. The molecule has 0 aromatic rings. The van der Waals surface area contributed by atoms with E-state index in [1.54, 1.807) is 20.8 Å². The molecule has 0 spiro atoms. The van der Waals surface area contributed by atoms with E-state index in [0.717, 1.165) is 0 Å². The zero-order chi connectivity index (χ0) is 13.6. The molecule has 0 aliphatic heterocycles. The molecule has 0 aromatic heterocycles. The third-order valence-corrected chi connectivity index (χ3v) is 3.29. The average molecular weight is 265 g/mol. The predicted octanol–water partition coefficient (Wildman–Crippen LogP) is 2.11. The Labute approximate surface area is 101 Å². The monoisotopic (exact) mass is 265 g/mol. The van der Waals surface area contributed by atoms with Gasteiger partial charge >= 0.3 is 20.0 Å². The van der Waals surface area contributed by atoms with Crippen LogP contribution in [0.25, 0.3) is 0 Å². The molecule has 0 saturated carbocycles. The van der Waals surface area contributed by atoms with Crippen LogP contribution in [0.2, 0.25) is 0 Å². The first-order valence-electron chi connectivity index (χ1n) is 5.20. The fourth-order valence-corrected chi connectivity index (χ4v) is 2.50. The smallest absolute Gasteiger partial charge is 0.481 e. The van der Waals surface area contributed by atoms with E-state index in [1.165, 1.54) is 0 Å². The molecule has 0 amide bonds. The molecule has 0 aromatic carbocycles. The van der Waals surface area contributed by atoms with E-state index in [4.69, 9.17) is 14.7 Å². The first-order valence-corrected chi connectivity index (χ1v) is 6.56. The number of carbonyl (C=O) groups is 2. The van der Waals surface area contributed by atoms with Gasteiger partial charge in [0.15, 0.2) is 6.16 Å². The first-order chi connectivity index (χ1) is 7.61. The summed E-state index contributed by atoms with van der Waals surface area (Å²) in [6.07, 6.45) is -0.454. The van der Waals surface area contributed by atoms with Crippen LogP contribution in [0.4, 0.5) is 0 Å². The van der Waals surface area contributed by atoms with Gasteiger partial charge in [0.25, 0.3) is 0 Å². The molecule has 0 saturated heterocycles. The minimum absolute atomic E-state index is 0.0424. The van der Waals surface area contributed by atoms with Crippen molar-refractivity contribution in [1.29, 1.82) is 0 Å². The molecule has 0 aliphatic rings. The number of carboxylic acid groups (broad SMARTS) is 2. The summed E-state index contributed by atoms with van der Waals surface area (Å²) in [6.45, 7) is 5.15. The Morgan fingerprint density at radius 3 is 2.18 bits per heavy atom. The number of aliphatic carboxylic acids is 2. The summed E-state index contributed by atoms with van der Waals surface area (Å²) in [5, 5.41) is 17.3. The van der Waals surface area contributed by atoms with Crippen molar-refractivity contribution in [3.63, 3.8) is 0 Å². The summed E-state index contributed by atoms with van der Waals surface area (Å²) in [4.78, 5) is 21.2. The lowest BCUT2D eigenvalue weighted by molar-refractivity contribution is -0.142. The third-order valence-electron chi connectivity index (χ3n) is 1.80. The number of hydrogen-bond donors (Lipinski definition) is 2. The molecule has 0 radical (unpaired) electrons. The molecule has 0 bridgehead atoms. The van der Waals surface area contributed by atoms with Crippen LogP contribution in [0.1, 0.15) is 33.6 Å². The molecule has 98 valence electrons. The van der Waals surface area contributed by atoms with Gasteiger partial charge in [-0.25, -0.2) is 0 Å². The SMILES string of the molecule is CC(C)(C)O[P+](=O)CC(CCC(=O)O)C(=O)O. The van der Waals surface area contributed by atoms with Crippen LogP contribution in [0.15, 0.2) is 0 Å². The van der Waals surface area contributed by atoms with E-state index in [-0.39, 0.29) is 19.0 Å². The van der Waals surface area contributed by atoms with E-state index in [9.17, 15) is 14.2 Å². The van der Waals surface area contributed by atoms with Crippen LogP contribution in [-0.4, -0.2) is 33.9 Å². The van der Waals surface area contributed by atoms with Gasteiger partial charge in [0.1, 0.15) is 11.5 Å². The fourth-order valence-electron chi connectivity index (χ4n) is 1.11. The number of hydrogen-bond acceptors (Lipinski definition) is 4. The number of carboxylic acids is 2. The van der Waals surface area contributed by atoms with Crippen molar-refractivity contribution in [2.75, 3.05) is 6.16 Å². The van der Waals surface area contributed by atoms with Crippen molar-refractivity contribution in [2.45, 2.75) is 39.2 Å². The van der Waals surface area contributed by atoms with E-state index in [1.807, 2.05) is 0 Å². The summed E-state index contributed by atoms with van der Waals surface area (Å²) in [6, 6.07) is 0. The molecule has 17 heavy (non-hydrogen) atoms. The third kappa shape index (κ3) is 8.77. The first kappa shape index (κ1) is 16.0. The largest absolute Gasteiger partial charge is 0.509 e. The highest BCUT2D eigenvalue weighted by atomic mass is 31.1. The van der Waals surface area contributed by atoms with Gasteiger partial charge in [0.05, 0.1) is 0 Å². The molecule has 0 heterocycles. The van der Waals surface area contributed by atoms with Crippen LogP contribution in [0.3, 0.4) is 0 Å². The average Bonchev–Trinajstić information content (AvgIpc) is 2.08. The van der Waals surface area contributed by atoms with Crippen molar-refractivity contribution >= 4 is 20.0 Å². The van der Waals surface area contributed by atoms with E-state index in [2.05, 4.69) is 0 Å². The van der Waals surface area contributed by atoms with Gasteiger partial charge in [-0.1, -0.05) is 0 Å². The second-order valence-electron chi connectivity index (χ2n) is 4.69. The molecule has 0 fully saturated rings. The highest BCUT2D eigenvalue weighted by Crippen LogP contribution is 2.33. The summed E-state index contributed by atoms with van der Waals surface area (Å²) >= 11 is 0. The number of rotatable bonds is 7. The standard InChI is InChI=1S/C10H17O6P/c1-10(2,3)16-17(15)6-7(9(13)14)4-5-8(11)12/h7H,4-6H2,1-3H3,(H-,11,12,13,14)/p+1. The van der Waals surface area contributed by atoms with Gasteiger partial charge in [0, 0.05) is 6.42 Å². The van der Waals surface area contributed by atoms with Gasteiger partial charge in [-0.05, 0) is 31.8 Å². The molecular weight excluding hydrogens is 247 g/mol. The zero-order valence-electron chi connectivity index (χ0n) is 10.2. The highest BCUT2D eigenvalue weighted by molar-refractivity contribution is 7.39. The lowest BCUT2D eigenvalue weighted by Gasteiger charge is -2.10. The minimum atomic E-state index is -2.10. The zero-order valence-corrected chi connectivity index (χ0v) is 11.1. The molecule has 0 aliphatic carbocycles. The predicted molar refractivity (Wildman–Crippen MR) is 61.3 cm³/mol. The van der Waals surface area contributed by atoms with E-state index < -0.39 is 31.5 Å². The summed E-state index contributed by atoms with van der Waals surface area (Å²) < 4.78 is 16.7. The Kier molecular flexibility index (Phi) is 6.27. The molecule has 6 nitrogen and oxygen atoms in total. The van der Waals surface area contributed by atoms with Crippen LogP contribution in [0.5, 0.6) is 0 Å². The van der Waals surface area contributed by atoms with Crippen molar-refractivity contribution in [3.05, 3.63) is 0 Å². The maximum Gasteiger partial charge on any atom is 0.509 e. The van der Waals surface area contributed by atoms with Crippen LogP contribution >= 0.6 is 8.03 Å². The van der Waals surface area contributed by atoms with Crippen LogP contribution < -0.4 is 0 Å². The van der Waals surface area contributed by atoms with Gasteiger partial charge in [-0.3, -0.25) is 9.59 Å². The topological polar surface area (TPSA) is 101 Å². The summed E-state index contributed by atoms with van der Waals surface area (Å²) in [7, 11) is -2.10. The lowest BCUT2D eigenvalue weighted by atomic mass is 10.1. The quantitative estimate of drug-likeness (QED) is 0.683. The van der Waals surface area contributed by atoms with E-state index in [0.29, 0.717) is 0 Å². The fraction of sp³-hybridized carbons (Fsp3) is 0.800.